The Morgan fingerprint density at radius 3 is 1.74 bits per heavy atom. The van der Waals surface area contributed by atoms with Gasteiger partial charge in [0.2, 0.25) is 0 Å². The lowest BCUT2D eigenvalue weighted by Crippen LogP contribution is -2.04. The number of fused-ring (bicyclic) bond motifs is 8. The molecule has 0 amide bonds. The molecule has 2 aliphatic carbocycles. The third-order valence-corrected chi connectivity index (χ3v) is 13.8. The summed E-state index contributed by atoms with van der Waals surface area (Å²) < 4.78 is 7.06. The molecule has 0 fully saturated rings. The third kappa shape index (κ3) is 6.64. The molecular formula is C62H43N3O. The number of allylic oxidation sites excluding steroid dienone is 4. The Bertz CT molecular complexity index is 3750. The topological polar surface area (TPSA) is 51.8 Å². The zero-order valence-electron chi connectivity index (χ0n) is 36.3. The van der Waals surface area contributed by atoms with Crippen LogP contribution in [-0.2, 0) is 6.42 Å². The summed E-state index contributed by atoms with van der Waals surface area (Å²) in [5.41, 5.74) is 15.7. The molecule has 0 saturated heterocycles. The monoisotopic (exact) mass is 845 g/mol. The number of aryl methyl sites for hydroxylation is 1. The van der Waals surface area contributed by atoms with Crippen molar-refractivity contribution in [2.75, 3.05) is 0 Å². The SMILES string of the molecule is C1=CC(c2ccc(-c3nc(-c4ccc(-c5ccccc5)cc4)nc(-c4ccc([C@@H]5CCc6cc7ccccc7cc6-c6cc7ccccc7cc65)c5oc6ccccc6c45)n3)cc2)=CCC1. The normalized spacial score (nSPS) is 14.6. The second kappa shape index (κ2) is 15.8. The van der Waals surface area contributed by atoms with Gasteiger partial charge in [-0.25, -0.2) is 15.0 Å². The lowest BCUT2D eigenvalue weighted by molar-refractivity contribution is 0.647. The molecule has 2 aliphatic rings. The van der Waals surface area contributed by atoms with Crippen LogP contribution >= 0.6 is 0 Å². The van der Waals surface area contributed by atoms with E-state index in [1.807, 2.05) is 6.07 Å². The highest BCUT2D eigenvalue weighted by molar-refractivity contribution is 6.13. The number of furan rings is 1. The van der Waals surface area contributed by atoms with Gasteiger partial charge in [-0.2, -0.15) is 0 Å². The van der Waals surface area contributed by atoms with E-state index in [0.717, 1.165) is 69.9 Å². The first-order chi connectivity index (χ1) is 32.7. The molecule has 66 heavy (non-hydrogen) atoms. The average Bonchev–Trinajstić information content (AvgIpc) is 3.72. The van der Waals surface area contributed by atoms with Gasteiger partial charge in [-0.05, 0) is 122 Å². The third-order valence-electron chi connectivity index (χ3n) is 13.8. The van der Waals surface area contributed by atoms with Gasteiger partial charge in [0.25, 0.3) is 0 Å². The summed E-state index contributed by atoms with van der Waals surface area (Å²) in [4.78, 5) is 15.9. The van der Waals surface area contributed by atoms with Crippen LogP contribution in [-0.4, -0.2) is 15.0 Å². The van der Waals surface area contributed by atoms with Crippen LogP contribution < -0.4 is 0 Å². The Morgan fingerprint density at radius 2 is 1.03 bits per heavy atom. The van der Waals surface area contributed by atoms with Crippen molar-refractivity contribution >= 4 is 49.1 Å². The number of hydrogen-bond acceptors (Lipinski definition) is 4. The molecule has 0 spiro atoms. The number of nitrogens with zero attached hydrogens (tertiary/aromatic N) is 3. The average molecular weight is 846 g/mol. The molecule has 0 saturated carbocycles. The molecule has 0 unspecified atom stereocenters. The van der Waals surface area contributed by atoms with E-state index in [-0.39, 0.29) is 5.92 Å². The van der Waals surface area contributed by atoms with Crippen LogP contribution in [0.3, 0.4) is 0 Å². The number of para-hydroxylation sites is 1. The van der Waals surface area contributed by atoms with Crippen LogP contribution in [0.15, 0.2) is 211 Å². The van der Waals surface area contributed by atoms with Gasteiger partial charge in [-0.3, -0.25) is 0 Å². The molecule has 312 valence electrons. The minimum atomic E-state index is 0.0671. The maximum Gasteiger partial charge on any atom is 0.164 e. The van der Waals surface area contributed by atoms with E-state index in [0.29, 0.717) is 17.5 Å². The lowest BCUT2D eigenvalue weighted by atomic mass is 9.83. The van der Waals surface area contributed by atoms with Crippen LogP contribution in [0.2, 0.25) is 0 Å². The van der Waals surface area contributed by atoms with E-state index in [4.69, 9.17) is 19.4 Å². The smallest absolute Gasteiger partial charge is 0.164 e. The molecular weight excluding hydrogens is 803 g/mol. The van der Waals surface area contributed by atoms with Crippen molar-refractivity contribution < 1.29 is 4.42 Å². The van der Waals surface area contributed by atoms with E-state index in [2.05, 4.69) is 200 Å². The number of benzene rings is 9. The summed E-state index contributed by atoms with van der Waals surface area (Å²) in [6.07, 6.45) is 10.8. The molecule has 1 atom stereocenters. The van der Waals surface area contributed by atoms with Gasteiger partial charge in [-0.1, -0.05) is 176 Å². The summed E-state index contributed by atoms with van der Waals surface area (Å²) in [5, 5.41) is 7.08. The second-order valence-corrected chi connectivity index (χ2v) is 17.7. The molecule has 0 aliphatic heterocycles. The summed E-state index contributed by atoms with van der Waals surface area (Å²) in [7, 11) is 0. The highest BCUT2D eigenvalue weighted by Crippen LogP contribution is 2.48. The molecule has 2 heterocycles. The Balaban J connectivity index is 0.999. The van der Waals surface area contributed by atoms with E-state index >= 15 is 0 Å². The summed E-state index contributed by atoms with van der Waals surface area (Å²) >= 11 is 0. The fraction of sp³-hybridized carbons (Fsp3) is 0.0806. The second-order valence-electron chi connectivity index (χ2n) is 17.7. The number of aromatic nitrogens is 3. The van der Waals surface area contributed by atoms with E-state index in [1.54, 1.807) is 0 Å². The van der Waals surface area contributed by atoms with Crippen molar-refractivity contribution in [3.05, 3.63) is 229 Å². The first kappa shape index (κ1) is 38.3. The molecule has 0 N–H and O–H groups in total. The van der Waals surface area contributed by atoms with E-state index in [9.17, 15) is 0 Å². The Morgan fingerprint density at radius 1 is 0.439 bits per heavy atom. The molecule has 11 aromatic rings. The van der Waals surface area contributed by atoms with Crippen molar-refractivity contribution in [2.45, 2.75) is 31.6 Å². The van der Waals surface area contributed by atoms with E-state index < -0.39 is 0 Å². The van der Waals surface area contributed by atoms with Gasteiger partial charge in [-0.15, -0.1) is 0 Å². The van der Waals surface area contributed by atoms with Gasteiger partial charge >= 0.3 is 0 Å². The maximum atomic E-state index is 7.06. The van der Waals surface area contributed by atoms with Crippen molar-refractivity contribution in [2.24, 2.45) is 0 Å². The van der Waals surface area contributed by atoms with Gasteiger partial charge in [0, 0.05) is 38.9 Å². The zero-order valence-corrected chi connectivity index (χ0v) is 36.3. The minimum Gasteiger partial charge on any atom is -0.456 e. The summed E-state index contributed by atoms with van der Waals surface area (Å²) in [5.74, 6) is 1.93. The van der Waals surface area contributed by atoms with E-state index in [1.165, 1.54) is 66.1 Å². The Kier molecular flexibility index (Phi) is 9.16. The van der Waals surface area contributed by atoms with Gasteiger partial charge in [0.1, 0.15) is 11.2 Å². The Hall–Kier alpha value is -8.21. The van der Waals surface area contributed by atoms with Crippen LogP contribution in [0.25, 0.3) is 105 Å². The minimum absolute atomic E-state index is 0.0671. The molecule has 0 bridgehead atoms. The van der Waals surface area contributed by atoms with Gasteiger partial charge in [0.15, 0.2) is 17.5 Å². The van der Waals surface area contributed by atoms with Crippen molar-refractivity contribution in [3.63, 3.8) is 0 Å². The fourth-order valence-corrected chi connectivity index (χ4v) is 10.4. The van der Waals surface area contributed by atoms with Crippen LogP contribution in [0.5, 0.6) is 0 Å². The molecule has 4 heteroatoms. The van der Waals surface area contributed by atoms with Crippen LogP contribution in [0.4, 0.5) is 0 Å². The van der Waals surface area contributed by atoms with Crippen LogP contribution in [0, 0.1) is 0 Å². The van der Waals surface area contributed by atoms with Crippen LogP contribution in [0.1, 0.15) is 47.4 Å². The maximum absolute atomic E-state index is 7.06. The molecule has 2 aromatic heterocycles. The molecule has 9 aromatic carbocycles. The molecule has 13 rings (SSSR count). The Labute approximate surface area is 383 Å². The lowest BCUT2D eigenvalue weighted by Gasteiger charge is -2.21. The van der Waals surface area contributed by atoms with Crippen molar-refractivity contribution in [1.29, 1.82) is 0 Å². The standard InChI is InChI=1S/C62H43N3O/c1-3-13-39(14-4-1)41-23-27-43(28-24-41)60-63-61(44-29-25-42(26-30-44)40-15-5-2-6-16-40)65-62(64-60)53-34-33-51(59-58(53)52-21-11-12-22-57(52)66-59)50-32-31-49-35-45-17-7-8-18-46(45)36-54(49)56-38-48-20-10-9-19-47(48)37-55(50)56/h1,3-5,7-30,33-38,50H,2,6,31-32H2/t50-/m0/s1. The summed E-state index contributed by atoms with van der Waals surface area (Å²) in [6, 6.07) is 67.7. The predicted molar refractivity (Wildman–Crippen MR) is 272 cm³/mol. The zero-order chi connectivity index (χ0) is 43.6. The molecule has 4 nitrogen and oxygen atoms in total. The summed E-state index contributed by atoms with van der Waals surface area (Å²) in [6.45, 7) is 0. The van der Waals surface area contributed by atoms with Gasteiger partial charge < -0.3 is 4.42 Å². The number of rotatable bonds is 6. The fourth-order valence-electron chi connectivity index (χ4n) is 10.4. The van der Waals surface area contributed by atoms with Crippen molar-refractivity contribution in [1.82, 2.24) is 15.0 Å². The van der Waals surface area contributed by atoms with Crippen molar-refractivity contribution in [3.8, 4) is 56.4 Å². The first-order valence-electron chi connectivity index (χ1n) is 23.1. The highest BCUT2D eigenvalue weighted by atomic mass is 16.3. The quantitative estimate of drug-likeness (QED) is 0.167. The number of hydrogen-bond donors (Lipinski definition) is 0. The predicted octanol–water partition coefficient (Wildman–Crippen LogP) is 16.2. The largest absolute Gasteiger partial charge is 0.456 e. The van der Waals surface area contributed by atoms with Gasteiger partial charge in [0.05, 0.1) is 0 Å². The molecule has 0 radical (unpaired) electrons. The highest BCUT2D eigenvalue weighted by Gasteiger charge is 2.29. The first-order valence-corrected chi connectivity index (χ1v) is 23.1.